The van der Waals surface area contributed by atoms with E-state index < -0.39 is 23.7 Å². The van der Waals surface area contributed by atoms with Gasteiger partial charge in [-0.3, -0.25) is 14.4 Å². The average molecular weight is 624 g/mol. The fourth-order valence-electron chi connectivity index (χ4n) is 5.89. The van der Waals surface area contributed by atoms with Crippen molar-refractivity contribution >= 4 is 39.4 Å². The zero-order valence-electron chi connectivity index (χ0n) is 23.4. The fourth-order valence-corrected chi connectivity index (χ4v) is 6.31. The molecule has 1 aliphatic carbocycles. The van der Waals surface area contributed by atoms with Crippen molar-refractivity contribution in [2.24, 2.45) is 11.8 Å². The van der Waals surface area contributed by atoms with E-state index >= 15 is 0 Å². The quantitative estimate of drug-likeness (QED) is 0.109. The zero-order valence-corrected chi connectivity index (χ0v) is 25.0. The van der Waals surface area contributed by atoms with Gasteiger partial charge in [-0.2, -0.15) is 0 Å². The van der Waals surface area contributed by atoms with E-state index in [1.165, 1.54) is 6.08 Å². The third-order valence-electron chi connectivity index (χ3n) is 7.95. The Bertz CT molecular complexity index is 1590. The molecule has 1 aliphatic rings. The van der Waals surface area contributed by atoms with Gasteiger partial charge in [-0.15, -0.1) is 0 Å². The smallest absolute Gasteiger partial charge is 0.167 e. The standard InChI is InChI=1S/C36H31BrO5/c1-41-28-16-11-23(12-17-28)13-20-31(38)35-32(39)22-30(24-14-18-29(42-2)19-15-24)34(36(40)25-7-4-3-5-8-25)33(35)26-9-6-10-27(37)21-26/h3-21,30,33-35H,22H2,1-2H3/b20-13+/t30-,33-,34+,35?/m1/s1. The molecule has 0 bridgehead atoms. The lowest BCUT2D eigenvalue weighted by Crippen LogP contribution is -2.44. The van der Waals surface area contributed by atoms with Gasteiger partial charge in [-0.05, 0) is 59.2 Å². The third kappa shape index (κ3) is 6.29. The number of rotatable bonds is 9. The van der Waals surface area contributed by atoms with E-state index in [1.807, 2.05) is 91.0 Å². The lowest BCUT2D eigenvalue weighted by atomic mass is 9.59. The molecule has 4 atom stereocenters. The minimum atomic E-state index is -1.01. The van der Waals surface area contributed by atoms with Crippen LogP contribution in [-0.4, -0.2) is 31.6 Å². The second kappa shape index (κ2) is 13.1. The molecule has 42 heavy (non-hydrogen) atoms. The first-order valence-electron chi connectivity index (χ1n) is 13.8. The molecule has 4 aromatic rings. The second-order valence-electron chi connectivity index (χ2n) is 10.4. The molecule has 0 radical (unpaired) electrons. The number of allylic oxidation sites excluding steroid dienone is 1. The topological polar surface area (TPSA) is 69.7 Å². The minimum absolute atomic E-state index is 0.0762. The maximum Gasteiger partial charge on any atom is 0.167 e. The molecule has 5 nitrogen and oxygen atoms in total. The lowest BCUT2D eigenvalue weighted by molar-refractivity contribution is -0.134. The van der Waals surface area contributed by atoms with Crippen LogP contribution in [0.5, 0.6) is 11.5 Å². The van der Waals surface area contributed by atoms with E-state index in [0.29, 0.717) is 17.1 Å². The Hall–Kier alpha value is -4.29. The van der Waals surface area contributed by atoms with Gasteiger partial charge < -0.3 is 9.47 Å². The van der Waals surface area contributed by atoms with Gasteiger partial charge in [0.15, 0.2) is 11.6 Å². The number of halogens is 1. The van der Waals surface area contributed by atoms with E-state index in [0.717, 1.165) is 21.2 Å². The Morgan fingerprint density at radius 3 is 2.05 bits per heavy atom. The Labute approximate surface area is 254 Å². The first kappa shape index (κ1) is 29.2. The number of methoxy groups -OCH3 is 2. The molecule has 0 amide bonds. The number of carbonyl (C=O) groups is 3. The van der Waals surface area contributed by atoms with Crippen molar-refractivity contribution in [3.8, 4) is 11.5 Å². The van der Waals surface area contributed by atoms with Crippen LogP contribution >= 0.6 is 15.9 Å². The van der Waals surface area contributed by atoms with Crippen LogP contribution in [0.15, 0.2) is 114 Å². The van der Waals surface area contributed by atoms with Gasteiger partial charge >= 0.3 is 0 Å². The van der Waals surface area contributed by atoms with Crippen LogP contribution in [0.4, 0.5) is 0 Å². The van der Waals surface area contributed by atoms with Crippen molar-refractivity contribution in [3.05, 3.63) is 136 Å². The SMILES string of the molecule is COc1ccc(/C=C/C(=O)C2C(=O)C[C@H](c3ccc(OC)cc3)[C@H](C(=O)c3ccccc3)[C@H]2c2cccc(Br)c2)cc1. The molecular weight excluding hydrogens is 592 g/mol. The van der Waals surface area contributed by atoms with E-state index in [4.69, 9.17) is 9.47 Å². The molecule has 0 aromatic heterocycles. The number of ketones is 3. The molecule has 212 valence electrons. The molecule has 6 heteroatoms. The van der Waals surface area contributed by atoms with Crippen molar-refractivity contribution in [1.29, 1.82) is 0 Å². The molecule has 0 spiro atoms. The number of ether oxygens (including phenoxy) is 2. The van der Waals surface area contributed by atoms with Crippen molar-refractivity contribution < 1.29 is 23.9 Å². The first-order valence-corrected chi connectivity index (χ1v) is 14.6. The second-order valence-corrected chi connectivity index (χ2v) is 11.3. The Morgan fingerprint density at radius 2 is 1.43 bits per heavy atom. The van der Waals surface area contributed by atoms with Crippen LogP contribution in [0.3, 0.4) is 0 Å². The van der Waals surface area contributed by atoms with Gasteiger partial charge in [0.1, 0.15) is 17.3 Å². The summed E-state index contributed by atoms with van der Waals surface area (Å²) in [5, 5.41) is 0. The molecular formula is C36H31BrO5. The van der Waals surface area contributed by atoms with Gasteiger partial charge in [0, 0.05) is 34.2 Å². The van der Waals surface area contributed by atoms with Gasteiger partial charge in [0.05, 0.1) is 20.1 Å². The van der Waals surface area contributed by atoms with Crippen molar-refractivity contribution in [3.63, 3.8) is 0 Å². The molecule has 0 N–H and O–H groups in total. The monoisotopic (exact) mass is 622 g/mol. The molecule has 0 aliphatic heterocycles. The highest BCUT2D eigenvalue weighted by molar-refractivity contribution is 9.10. The van der Waals surface area contributed by atoms with Crippen molar-refractivity contribution in [1.82, 2.24) is 0 Å². The van der Waals surface area contributed by atoms with E-state index in [2.05, 4.69) is 15.9 Å². The van der Waals surface area contributed by atoms with E-state index in [9.17, 15) is 14.4 Å². The first-order chi connectivity index (χ1) is 20.4. The summed E-state index contributed by atoms with van der Waals surface area (Å²) >= 11 is 3.56. The molecule has 0 saturated heterocycles. The largest absolute Gasteiger partial charge is 0.497 e. The summed E-state index contributed by atoms with van der Waals surface area (Å²) in [5.41, 5.74) is 2.98. The van der Waals surface area contributed by atoms with Gasteiger partial charge in [-0.25, -0.2) is 0 Å². The summed E-state index contributed by atoms with van der Waals surface area (Å²) in [7, 11) is 3.19. The maximum absolute atomic E-state index is 14.4. The van der Waals surface area contributed by atoms with Crippen LogP contribution in [0.1, 0.15) is 45.3 Å². The molecule has 0 heterocycles. The van der Waals surface area contributed by atoms with Gasteiger partial charge in [-0.1, -0.05) is 88.7 Å². The summed E-state index contributed by atoms with van der Waals surface area (Å²) in [6, 6.07) is 31.5. The van der Waals surface area contributed by atoms with Gasteiger partial charge in [0.25, 0.3) is 0 Å². The Kier molecular flexibility index (Phi) is 9.13. The predicted octanol–water partition coefficient (Wildman–Crippen LogP) is 7.70. The summed E-state index contributed by atoms with van der Waals surface area (Å²) in [6.45, 7) is 0. The highest BCUT2D eigenvalue weighted by Gasteiger charge is 2.50. The predicted molar refractivity (Wildman–Crippen MR) is 167 cm³/mol. The zero-order chi connectivity index (χ0) is 29.6. The number of carbonyl (C=O) groups excluding carboxylic acids is 3. The molecule has 1 saturated carbocycles. The van der Waals surface area contributed by atoms with Crippen molar-refractivity contribution in [2.45, 2.75) is 18.3 Å². The third-order valence-corrected chi connectivity index (χ3v) is 8.44. The summed E-state index contributed by atoms with van der Waals surface area (Å²) < 4.78 is 11.4. The molecule has 4 aromatic carbocycles. The fraction of sp³-hybridized carbons (Fsp3) is 0.194. The molecule has 1 fully saturated rings. The van der Waals surface area contributed by atoms with E-state index in [1.54, 1.807) is 32.4 Å². The maximum atomic E-state index is 14.4. The summed E-state index contributed by atoms with van der Waals surface area (Å²) in [6.07, 6.45) is 3.25. The highest BCUT2D eigenvalue weighted by Crippen LogP contribution is 2.50. The van der Waals surface area contributed by atoms with Crippen LogP contribution in [-0.2, 0) is 9.59 Å². The summed E-state index contributed by atoms with van der Waals surface area (Å²) in [4.78, 5) is 42.3. The lowest BCUT2D eigenvalue weighted by Gasteiger charge is -2.41. The van der Waals surface area contributed by atoms with Gasteiger partial charge in [0.2, 0.25) is 0 Å². The number of hydrogen-bond donors (Lipinski definition) is 0. The summed E-state index contributed by atoms with van der Waals surface area (Å²) in [5.74, 6) is -1.95. The highest BCUT2D eigenvalue weighted by atomic mass is 79.9. The average Bonchev–Trinajstić information content (AvgIpc) is 3.03. The Balaban J connectivity index is 1.62. The van der Waals surface area contributed by atoms with Crippen molar-refractivity contribution in [2.75, 3.05) is 14.2 Å². The molecule has 5 rings (SSSR count). The van der Waals surface area contributed by atoms with Crippen LogP contribution in [0, 0.1) is 11.8 Å². The Morgan fingerprint density at radius 1 is 0.786 bits per heavy atom. The van der Waals surface area contributed by atoms with E-state index in [-0.39, 0.29) is 23.8 Å². The normalized spacial score (nSPS) is 20.3. The van der Waals surface area contributed by atoms with Crippen LogP contribution in [0.2, 0.25) is 0 Å². The minimum Gasteiger partial charge on any atom is -0.497 e. The number of hydrogen-bond acceptors (Lipinski definition) is 5. The molecule has 1 unspecified atom stereocenters. The number of Topliss-reactive ketones (excluding diaryl/α,β-unsaturated/α-hetero) is 2. The van der Waals surface area contributed by atoms with Crippen LogP contribution in [0.25, 0.3) is 6.08 Å². The van der Waals surface area contributed by atoms with Crippen LogP contribution < -0.4 is 9.47 Å². The number of benzene rings is 4.